The number of aromatic nitrogens is 3. The third-order valence-electron chi connectivity index (χ3n) is 7.63. The van der Waals surface area contributed by atoms with Gasteiger partial charge < -0.3 is 28.8 Å². The predicted octanol–water partition coefficient (Wildman–Crippen LogP) is 4.53. The van der Waals surface area contributed by atoms with Crippen LogP contribution in [0.4, 0.5) is 22.0 Å². The molecule has 2 saturated heterocycles. The fourth-order valence-electron chi connectivity index (χ4n) is 5.05. The largest absolute Gasteiger partial charge is 0.444 e. The Hall–Kier alpha value is -3.12. The van der Waals surface area contributed by atoms with E-state index < -0.39 is 22.9 Å². The van der Waals surface area contributed by atoms with E-state index in [1.165, 1.54) is 7.11 Å². The van der Waals surface area contributed by atoms with Crippen LogP contribution in [0.5, 0.6) is 0 Å². The Morgan fingerprint density at radius 2 is 2.05 bits per heavy atom. The van der Waals surface area contributed by atoms with Crippen LogP contribution in [0, 0.1) is 17.6 Å². The van der Waals surface area contributed by atoms with Gasteiger partial charge in [0.15, 0.2) is 0 Å². The number of alkyl halides is 1. The van der Waals surface area contributed by atoms with Gasteiger partial charge in [-0.2, -0.15) is 15.6 Å². The number of halogens is 1. The predicted molar refractivity (Wildman–Crippen MR) is 155 cm³/mol. The number of nitrogens with zero attached hydrogens (tertiary/aromatic N) is 6. The molecule has 0 aromatic carbocycles. The average Bonchev–Trinajstić information content (AvgIpc) is 2.89. The number of methoxy groups -OCH3 is 1. The lowest BCUT2D eigenvalue weighted by molar-refractivity contribution is 0.0194. The Morgan fingerprint density at radius 1 is 1.31 bits per heavy atom. The lowest BCUT2D eigenvalue weighted by atomic mass is 9.92. The Kier molecular flexibility index (Phi) is 9.16. The summed E-state index contributed by atoms with van der Waals surface area (Å²) >= 11 is 0. The molecule has 2 aliphatic heterocycles. The number of nitrogens with one attached hydrogen (secondary N) is 2. The maximum absolute atomic E-state index is 14.4. The number of hydrogen-bond donors (Lipinski definition) is 2. The van der Waals surface area contributed by atoms with Crippen LogP contribution >= 0.6 is 0 Å². The molecule has 212 valence electrons. The molecular weight excluding hydrogens is 519 g/mol. The van der Waals surface area contributed by atoms with Crippen LogP contribution in [0.3, 0.4) is 0 Å². The molecule has 0 unspecified atom stereocenters. The molecule has 0 aliphatic carbocycles. The lowest BCUT2D eigenvalue weighted by Crippen LogP contribution is -2.52. The van der Waals surface area contributed by atoms with Gasteiger partial charge in [-0.15, -0.1) is 0 Å². The summed E-state index contributed by atoms with van der Waals surface area (Å²) in [4.78, 5) is 21.9. The zero-order valence-corrected chi connectivity index (χ0v) is 24.0. The van der Waals surface area contributed by atoms with Gasteiger partial charge in [0.1, 0.15) is 23.6 Å². The molecular formula is C27H38FN8O2S-. The lowest BCUT2D eigenvalue weighted by Gasteiger charge is -2.45. The Bertz CT molecular complexity index is 1290. The molecule has 3 atom stereocenters. The maximum Gasteiger partial charge on any atom is 0.227 e. The van der Waals surface area contributed by atoms with E-state index in [-0.39, 0.29) is 23.6 Å². The standard InChI is InChI=1S/C27H38FN8O2S/c1-16(2)21-12-32-26(36-13-19(14-36)18(4)39(29)37)17(3)20(21)11-25(30-5)33-24-7-9-31-27(34-24)35-10-8-23(38-6)22(28)15-35/h7,9,11-12,16,18-19,22-23,29H,5,8,10,13-15H2,1-4,6H3,(H,31,33,34)/q-1/b25-11+/t18-,22+,23-/m0/s1. The summed E-state index contributed by atoms with van der Waals surface area (Å²) in [5.74, 6) is 2.80. The van der Waals surface area contributed by atoms with Gasteiger partial charge in [0, 0.05) is 39.1 Å². The second-order valence-electron chi connectivity index (χ2n) is 10.5. The van der Waals surface area contributed by atoms with Gasteiger partial charge in [-0.05, 0) is 60.7 Å². The monoisotopic (exact) mass is 557 g/mol. The van der Waals surface area contributed by atoms with Crippen LogP contribution in [0.2, 0.25) is 0 Å². The van der Waals surface area contributed by atoms with Crippen molar-refractivity contribution >= 4 is 41.0 Å². The van der Waals surface area contributed by atoms with Gasteiger partial charge in [0.25, 0.3) is 0 Å². The molecule has 4 rings (SSSR count). The minimum absolute atomic E-state index is 0.170. The van der Waals surface area contributed by atoms with E-state index in [1.807, 2.05) is 31.0 Å². The highest BCUT2D eigenvalue weighted by Crippen LogP contribution is 2.34. The third-order valence-corrected chi connectivity index (χ3v) is 8.69. The van der Waals surface area contributed by atoms with Gasteiger partial charge in [0.2, 0.25) is 5.95 Å². The summed E-state index contributed by atoms with van der Waals surface area (Å²) < 4.78 is 38.8. The van der Waals surface area contributed by atoms with Crippen molar-refractivity contribution in [1.82, 2.24) is 15.0 Å². The molecule has 0 bridgehead atoms. The van der Waals surface area contributed by atoms with Crippen molar-refractivity contribution in [2.75, 3.05) is 48.4 Å². The highest BCUT2D eigenvalue weighted by molar-refractivity contribution is 7.74. The number of rotatable bonds is 10. The van der Waals surface area contributed by atoms with E-state index in [0.717, 1.165) is 35.6 Å². The molecule has 2 aliphatic rings. The molecule has 4 heterocycles. The number of hydrogen-bond acceptors (Lipinski definition) is 11. The van der Waals surface area contributed by atoms with Gasteiger partial charge in [-0.25, -0.2) is 19.4 Å². The van der Waals surface area contributed by atoms with Gasteiger partial charge in [0.05, 0.1) is 12.6 Å². The summed E-state index contributed by atoms with van der Waals surface area (Å²) in [5, 5.41) is 3.07. The van der Waals surface area contributed by atoms with E-state index >= 15 is 0 Å². The van der Waals surface area contributed by atoms with Crippen molar-refractivity contribution < 1.29 is 13.3 Å². The number of ether oxygens (including phenoxy) is 1. The smallest absolute Gasteiger partial charge is 0.227 e. The Morgan fingerprint density at radius 3 is 2.67 bits per heavy atom. The first kappa shape index (κ1) is 28.9. The van der Waals surface area contributed by atoms with Crippen molar-refractivity contribution in [2.45, 2.75) is 57.6 Å². The molecule has 0 amide bonds. The van der Waals surface area contributed by atoms with E-state index in [2.05, 4.69) is 45.7 Å². The minimum atomic E-state index is -1.59. The van der Waals surface area contributed by atoms with Gasteiger partial charge >= 0.3 is 0 Å². The van der Waals surface area contributed by atoms with Crippen LogP contribution in [-0.4, -0.2) is 72.5 Å². The SMILES string of the molecule is C=N/C(=C\c1c(C(C)C)cnc(N2CC([C@H](C)[S-](=N)=O)C2)c1C)Nc1ccnc(N2CC[C@H](OC)[C@H](F)C2)n1. The number of anilines is 3. The first-order valence-electron chi connectivity index (χ1n) is 13.2. The second kappa shape index (κ2) is 12.4. The average molecular weight is 558 g/mol. The zero-order chi connectivity index (χ0) is 28.3. The minimum Gasteiger partial charge on any atom is -0.444 e. The van der Waals surface area contributed by atoms with Crippen molar-refractivity contribution in [3.05, 3.63) is 41.0 Å². The molecule has 12 heteroatoms. The fourth-order valence-corrected chi connectivity index (χ4v) is 5.57. The van der Waals surface area contributed by atoms with E-state index in [4.69, 9.17) is 14.5 Å². The summed E-state index contributed by atoms with van der Waals surface area (Å²) in [6.07, 6.45) is 4.55. The Labute approximate surface area is 231 Å². The van der Waals surface area contributed by atoms with Crippen LogP contribution in [-0.2, 0) is 19.5 Å². The molecule has 2 N–H and O–H groups in total. The third kappa shape index (κ3) is 6.38. The van der Waals surface area contributed by atoms with E-state index in [0.29, 0.717) is 30.6 Å². The maximum atomic E-state index is 14.4. The molecule has 2 aromatic heterocycles. The topological polar surface area (TPSA) is 120 Å². The quantitative estimate of drug-likeness (QED) is 0.323. The normalized spacial score (nSPS) is 21.3. The zero-order valence-electron chi connectivity index (χ0n) is 23.2. The van der Waals surface area contributed by atoms with E-state index in [1.54, 1.807) is 12.3 Å². The van der Waals surface area contributed by atoms with Crippen LogP contribution in [0.25, 0.3) is 6.08 Å². The van der Waals surface area contributed by atoms with Crippen LogP contribution in [0.1, 0.15) is 49.8 Å². The fraction of sp³-hybridized carbons (Fsp3) is 0.556. The van der Waals surface area contributed by atoms with Gasteiger partial charge in [-0.3, -0.25) is 0 Å². The molecule has 39 heavy (non-hydrogen) atoms. The van der Waals surface area contributed by atoms with Crippen molar-refractivity contribution in [3.8, 4) is 0 Å². The molecule has 0 spiro atoms. The summed E-state index contributed by atoms with van der Waals surface area (Å²) in [7, 11) is -0.0543. The second-order valence-corrected chi connectivity index (χ2v) is 11.8. The summed E-state index contributed by atoms with van der Waals surface area (Å²) in [6.45, 7) is 14.1. The first-order valence-corrected chi connectivity index (χ1v) is 14.4. The molecule has 0 saturated carbocycles. The molecule has 2 fully saturated rings. The Balaban J connectivity index is 1.57. The van der Waals surface area contributed by atoms with E-state index in [9.17, 15) is 8.60 Å². The highest BCUT2D eigenvalue weighted by Gasteiger charge is 2.32. The van der Waals surface area contributed by atoms with Crippen LogP contribution in [0.15, 0.2) is 29.3 Å². The summed E-state index contributed by atoms with van der Waals surface area (Å²) in [6, 6.07) is 1.74. The molecule has 10 nitrogen and oxygen atoms in total. The number of pyridine rings is 1. The van der Waals surface area contributed by atoms with Gasteiger partial charge in [-0.1, -0.05) is 26.0 Å². The van der Waals surface area contributed by atoms with Crippen molar-refractivity contribution in [3.63, 3.8) is 0 Å². The molecule has 0 radical (unpaired) electrons. The first-order chi connectivity index (χ1) is 18.6. The number of piperidine rings is 1. The highest BCUT2D eigenvalue weighted by atomic mass is 32.2. The molecule has 2 aromatic rings. The van der Waals surface area contributed by atoms with Crippen molar-refractivity contribution in [2.24, 2.45) is 10.9 Å². The summed E-state index contributed by atoms with van der Waals surface area (Å²) in [5.41, 5.74) is 3.09. The van der Waals surface area contributed by atoms with Crippen molar-refractivity contribution in [1.29, 1.82) is 4.78 Å². The number of aliphatic imine (C=N–C) groups is 1. The van der Waals surface area contributed by atoms with Crippen LogP contribution < -0.4 is 15.1 Å².